The van der Waals surface area contributed by atoms with E-state index in [0.29, 0.717) is 0 Å². The van der Waals surface area contributed by atoms with Gasteiger partial charge >= 0.3 is 0 Å². The van der Waals surface area contributed by atoms with Crippen LogP contribution in [0.1, 0.15) is 61.5 Å². The van der Waals surface area contributed by atoms with Gasteiger partial charge in [-0.1, -0.05) is 0 Å². The van der Waals surface area contributed by atoms with Gasteiger partial charge in [0.05, 0.1) is 11.4 Å². The minimum absolute atomic E-state index is 1.10. The summed E-state index contributed by atoms with van der Waals surface area (Å²) >= 11 is 0. The Morgan fingerprint density at radius 1 is 0.379 bits per heavy atom. The van der Waals surface area contributed by atoms with Crippen LogP contribution in [-0.2, 0) is 0 Å². The van der Waals surface area contributed by atoms with Gasteiger partial charge in [0.1, 0.15) is 0 Å². The van der Waals surface area contributed by atoms with E-state index in [2.05, 4.69) is 82.2 Å². The van der Waals surface area contributed by atoms with Gasteiger partial charge in [0.25, 0.3) is 0 Å². The number of aryl methyl sites for hydroxylation is 2. The summed E-state index contributed by atoms with van der Waals surface area (Å²) in [6.45, 7) is 24.0. The number of pyridine rings is 2. The molecule has 2 nitrogen and oxygen atoms in total. The molecule has 0 amide bonds. The van der Waals surface area contributed by atoms with Gasteiger partial charge in [-0.25, -0.2) is 0 Å². The molecule has 0 radical (unpaired) electrons. The third kappa shape index (κ3) is 3.29. The average molecular weight is 387 g/mol. The molecule has 0 aliphatic carbocycles. The largest absolute Gasteiger partial charge is 0.253 e. The lowest BCUT2D eigenvalue weighted by atomic mass is 9.87. The van der Waals surface area contributed by atoms with E-state index in [-0.39, 0.29) is 0 Å². The molecule has 3 aromatic rings. The number of benzene rings is 1. The summed E-state index contributed by atoms with van der Waals surface area (Å²) in [6.07, 6.45) is 0. The van der Waals surface area contributed by atoms with Crippen molar-refractivity contribution < 1.29 is 0 Å². The first-order valence-corrected chi connectivity index (χ1v) is 10.5. The van der Waals surface area contributed by atoms with Crippen LogP contribution in [0.25, 0.3) is 22.5 Å². The molecule has 2 heteroatoms. The molecule has 0 aliphatic heterocycles. The van der Waals surface area contributed by atoms with Gasteiger partial charge < -0.3 is 0 Å². The first-order chi connectivity index (χ1) is 13.5. The van der Waals surface area contributed by atoms with Crippen LogP contribution in [0.3, 0.4) is 0 Å². The molecule has 0 unspecified atom stereocenters. The van der Waals surface area contributed by atoms with Gasteiger partial charge in [0, 0.05) is 22.5 Å². The molecule has 29 heavy (non-hydrogen) atoms. The Kier molecular flexibility index (Phi) is 5.42. The molecule has 0 atom stereocenters. The molecule has 2 heterocycles. The fourth-order valence-electron chi connectivity index (χ4n) is 4.19. The normalized spacial score (nSPS) is 11.3. The number of nitrogens with zero attached hydrogens (tertiary/aromatic N) is 2. The van der Waals surface area contributed by atoms with Crippen molar-refractivity contribution in [1.82, 2.24) is 9.97 Å². The fraction of sp³-hybridized carbons (Fsp3) is 0.407. The van der Waals surface area contributed by atoms with E-state index < -0.39 is 0 Å². The van der Waals surface area contributed by atoms with Crippen LogP contribution < -0.4 is 0 Å². The Morgan fingerprint density at radius 3 is 1.03 bits per heavy atom. The molecule has 0 spiro atoms. The molecule has 1 aromatic carbocycles. The second kappa shape index (κ2) is 7.40. The predicted octanol–water partition coefficient (Wildman–Crippen LogP) is 7.20. The molecule has 0 bridgehead atoms. The zero-order valence-corrected chi connectivity index (χ0v) is 20.0. The van der Waals surface area contributed by atoms with Crippen molar-refractivity contribution in [1.29, 1.82) is 0 Å². The number of aromatic nitrogens is 2. The lowest BCUT2D eigenvalue weighted by Crippen LogP contribution is -2.05. The molecule has 0 fully saturated rings. The molecular weight excluding hydrogens is 352 g/mol. The van der Waals surface area contributed by atoms with Crippen LogP contribution in [0, 0.1) is 76.2 Å². The first-order valence-electron chi connectivity index (χ1n) is 10.5. The average Bonchev–Trinajstić information content (AvgIpc) is 2.69. The van der Waals surface area contributed by atoms with Crippen molar-refractivity contribution in [2.24, 2.45) is 0 Å². The Hall–Kier alpha value is -2.48. The Morgan fingerprint density at radius 2 is 0.690 bits per heavy atom. The molecule has 0 aliphatic rings. The Balaban J connectivity index is 2.40. The Bertz CT molecular complexity index is 1060. The third-order valence-corrected chi connectivity index (χ3v) is 7.34. The topological polar surface area (TPSA) is 25.8 Å². The van der Waals surface area contributed by atoms with Crippen molar-refractivity contribution in [3.8, 4) is 22.5 Å². The number of rotatable bonds is 2. The zero-order chi connectivity index (χ0) is 21.8. The van der Waals surface area contributed by atoms with Gasteiger partial charge in [-0.15, -0.1) is 0 Å². The lowest BCUT2D eigenvalue weighted by molar-refractivity contribution is 1.08. The van der Waals surface area contributed by atoms with Crippen LogP contribution in [0.15, 0.2) is 6.07 Å². The highest BCUT2D eigenvalue weighted by molar-refractivity contribution is 5.80. The van der Waals surface area contributed by atoms with Crippen LogP contribution in [-0.4, -0.2) is 9.97 Å². The maximum atomic E-state index is 5.02. The summed E-state index contributed by atoms with van der Waals surface area (Å²) in [5.74, 6) is 0. The van der Waals surface area contributed by atoms with Crippen LogP contribution in [0.5, 0.6) is 0 Å². The quantitative estimate of drug-likeness (QED) is 0.465. The second-order valence-electron chi connectivity index (χ2n) is 8.69. The molecule has 2 aromatic heterocycles. The van der Waals surface area contributed by atoms with Gasteiger partial charge in [0.2, 0.25) is 0 Å². The van der Waals surface area contributed by atoms with Crippen molar-refractivity contribution in [3.05, 3.63) is 67.5 Å². The second-order valence-corrected chi connectivity index (χ2v) is 8.69. The number of hydrogen-bond donors (Lipinski definition) is 0. The van der Waals surface area contributed by atoms with Gasteiger partial charge in [0.15, 0.2) is 0 Å². The van der Waals surface area contributed by atoms with Crippen molar-refractivity contribution in [3.63, 3.8) is 0 Å². The summed E-state index contributed by atoms with van der Waals surface area (Å²) in [5.41, 5.74) is 18.6. The standard InChI is InChI=1S/C27H34N2/c1-13-16(4)22(10)28-26(20(13)8)24-12-25(19(7)15(3)18(24)6)27-21(9)14(2)17(5)23(11)29-27/h12H,1-11H3. The van der Waals surface area contributed by atoms with Crippen LogP contribution in [0.4, 0.5) is 0 Å². The van der Waals surface area contributed by atoms with Crippen LogP contribution in [0.2, 0.25) is 0 Å². The van der Waals surface area contributed by atoms with E-state index >= 15 is 0 Å². The Labute approximate surface area is 176 Å². The monoisotopic (exact) mass is 386 g/mol. The summed E-state index contributed by atoms with van der Waals surface area (Å²) in [6, 6.07) is 2.32. The lowest BCUT2D eigenvalue weighted by Gasteiger charge is -2.21. The molecule has 0 N–H and O–H groups in total. The molecule has 152 valence electrons. The van der Waals surface area contributed by atoms with Crippen molar-refractivity contribution >= 4 is 0 Å². The molecule has 3 rings (SSSR count). The molecule has 0 saturated carbocycles. The molecule has 0 saturated heterocycles. The van der Waals surface area contributed by atoms with Crippen LogP contribution >= 0.6 is 0 Å². The highest BCUT2D eigenvalue weighted by atomic mass is 14.7. The fourth-order valence-corrected chi connectivity index (χ4v) is 4.19. The SMILES string of the molecule is Cc1nc(-c2cc(-c3nc(C)c(C)c(C)c3C)c(C)c(C)c2C)c(C)c(C)c1C. The summed E-state index contributed by atoms with van der Waals surface area (Å²) in [5, 5.41) is 0. The van der Waals surface area contributed by atoms with E-state index in [4.69, 9.17) is 9.97 Å². The third-order valence-electron chi connectivity index (χ3n) is 7.34. The van der Waals surface area contributed by atoms with E-state index in [1.807, 2.05) is 0 Å². The zero-order valence-electron chi connectivity index (χ0n) is 20.0. The van der Waals surface area contributed by atoms with E-state index in [1.165, 1.54) is 61.2 Å². The summed E-state index contributed by atoms with van der Waals surface area (Å²) < 4.78 is 0. The van der Waals surface area contributed by atoms with Crippen molar-refractivity contribution in [2.75, 3.05) is 0 Å². The van der Waals surface area contributed by atoms with Gasteiger partial charge in [-0.3, -0.25) is 9.97 Å². The summed E-state index contributed by atoms with van der Waals surface area (Å²) in [4.78, 5) is 10.0. The predicted molar refractivity (Wildman–Crippen MR) is 125 cm³/mol. The van der Waals surface area contributed by atoms with Gasteiger partial charge in [-0.2, -0.15) is 0 Å². The maximum Gasteiger partial charge on any atom is 0.0740 e. The van der Waals surface area contributed by atoms with E-state index in [9.17, 15) is 0 Å². The first kappa shape index (κ1) is 21.2. The smallest absolute Gasteiger partial charge is 0.0740 e. The van der Waals surface area contributed by atoms with Gasteiger partial charge in [-0.05, 0) is 132 Å². The number of hydrogen-bond acceptors (Lipinski definition) is 2. The molecular formula is C27H34N2. The van der Waals surface area contributed by atoms with Crippen molar-refractivity contribution in [2.45, 2.75) is 76.2 Å². The van der Waals surface area contributed by atoms with E-state index in [0.717, 1.165) is 22.8 Å². The highest BCUT2D eigenvalue weighted by Gasteiger charge is 2.20. The summed E-state index contributed by atoms with van der Waals surface area (Å²) in [7, 11) is 0. The minimum atomic E-state index is 1.10. The highest BCUT2D eigenvalue weighted by Crippen LogP contribution is 2.38. The maximum absolute atomic E-state index is 5.02. The minimum Gasteiger partial charge on any atom is -0.253 e. The van der Waals surface area contributed by atoms with E-state index in [1.54, 1.807) is 0 Å².